The SMILES string of the molecule is CCCCCCCN(C)c1cccc(C(=N)N)c1. The van der Waals surface area contributed by atoms with E-state index >= 15 is 0 Å². The van der Waals surface area contributed by atoms with Crippen LogP contribution in [0.1, 0.15) is 44.6 Å². The molecule has 0 atom stereocenters. The smallest absolute Gasteiger partial charge is 0.122 e. The van der Waals surface area contributed by atoms with Gasteiger partial charge in [-0.3, -0.25) is 5.41 Å². The van der Waals surface area contributed by atoms with Crippen molar-refractivity contribution in [3.8, 4) is 0 Å². The molecule has 1 aromatic rings. The fourth-order valence-electron chi connectivity index (χ4n) is 1.99. The van der Waals surface area contributed by atoms with Crippen molar-refractivity contribution in [2.24, 2.45) is 5.73 Å². The normalized spacial score (nSPS) is 10.3. The lowest BCUT2D eigenvalue weighted by Gasteiger charge is -2.19. The van der Waals surface area contributed by atoms with Crippen molar-refractivity contribution in [1.82, 2.24) is 0 Å². The van der Waals surface area contributed by atoms with E-state index in [0.29, 0.717) is 0 Å². The second-order valence-electron chi connectivity index (χ2n) is 4.80. The van der Waals surface area contributed by atoms with E-state index in [-0.39, 0.29) is 5.84 Å². The minimum Gasteiger partial charge on any atom is -0.384 e. The molecule has 0 radical (unpaired) electrons. The molecule has 0 fully saturated rings. The number of nitrogens with one attached hydrogen (secondary N) is 1. The third-order valence-electron chi connectivity index (χ3n) is 3.20. The number of nitrogens with two attached hydrogens (primary N) is 1. The van der Waals surface area contributed by atoms with Crippen LogP contribution in [-0.4, -0.2) is 19.4 Å². The number of hydrogen-bond donors (Lipinski definition) is 2. The van der Waals surface area contributed by atoms with Gasteiger partial charge in [0, 0.05) is 24.8 Å². The summed E-state index contributed by atoms with van der Waals surface area (Å²) < 4.78 is 0. The molecule has 1 aromatic carbocycles. The number of nitrogens with zero attached hydrogens (tertiary/aromatic N) is 1. The van der Waals surface area contributed by atoms with Gasteiger partial charge >= 0.3 is 0 Å². The van der Waals surface area contributed by atoms with Gasteiger partial charge in [-0.1, -0.05) is 44.7 Å². The molecule has 0 aliphatic heterocycles. The molecule has 0 aliphatic rings. The fraction of sp³-hybridized carbons (Fsp3) is 0.533. The van der Waals surface area contributed by atoms with E-state index < -0.39 is 0 Å². The number of unbranched alkanes of at least 4 members (excludes halogenated alkanes) is 4. The van der Waals surface area contributed by atoms with Crippen molar-refractivity contribution in [2.45, 2.75) is 39.0 Å². The summed E-state index contributed by atoms with van der Waals surface area (Å²) in [5, 5.41) is 7.45. The molecule has 0 aromatic heterocycles. The van der Waals surface area contributed by atoms with E-state index in [1.807, 2.05) is 18.2 Å². The molecule has 0 amide bonds. The van der Waals surface area contributed by atoms with Gasteiger partial charge in [0.15, 0.2) is 0 Å². The summed E-state index contributed by atoms with van der Waals surface area (Å²) in [6.07, 6.45) is 6.48. The molecule has 0 spiro atoms. The Morgan fingerprint density at radius 3 is 2.61 bits per heavy atom. The van der Waals surface area contributed by atoms with Crippen molar-refractivity contribution >= 4 is 11.5 Å². The van der Waals surface area contributed by atoms with Gasteiger partial charge in [-0.2, -0.15) is 0 Å². The zero-order valence-corrected chi connectivity index (χ0v) is 11.6. The van der Waals surface area contributed by atoms with Crippen LogP contribution in [0.5, 0.6) is 0 Å². The Kier molecular flexibility index (Phi) is 6.26. The minimum atomic E-state index is 0.133. The Hall–Kier alpha value is -1.51. The fourth-order valence-corrected chi connectivity index (χ4v) is 1.99. The standard InChI is InChI=1S/C15H25N3/c1-3-4-5-6-7-11-18(2)14-10-8-9-13(12-14)15(16)17/h8-10,12H,3-7,11H2,1-2H3,(H3,16,17). The Balaban J connectivity index is 2.43. The average molecular weight is 247 g/mol. The highest BCUT2D eigenvalue weighted by Crippen LogP contribution is 2.15. The van der Waals surface area contributed by atoms with Crippen LogP contribution in [0.3, 0.4) is 0 Å². The largest absolute Gasteiger partial charge is 0.384 e. The van der Waals surface area contributed by atoms with Crippen LogP contribution in [0, 0.1) is 5.41 Å². The minimum absolute atomic E-state index is 0.133. The molecule has 0 saturated heterocycles. The molecule has 100 valence electrons. The van der Waals surface area contributed by atoms with Gasteiger partial charge in [0.2, 0.25) is 0 Å². The molecule has 0 unspecified atom stereocenters. The molecule has 1 rings (SSSR count). The summed E-state index contributed by atoms with van der Waals surface area (Å²) in [6, 6.07) is 7.88. The zero-order valence-electron chi connectivity index (χ0n) is 11.6. The molecule has 0 aliphatic carbocycles. The Morgan fingerprint density at radius 2 is 1.94 bits per heavy atom. The van der Waals surface area contributed by atoms with Crippen molar-refractivity contribution in [1.29, 1.82) is 5.41 Å². The molecule has 0 bridgehead atoms. The number of nitrogen functional groups attached to an aromatic ring is 1. The van der Waals surface area contributed by atoms with Gasteiger partial charge in [0.1, 0.15) is 5.84 Å². The zero-order chi connectivity index (χ0) is 13.4. The van der Waals surface area contributed by atoms with Gasteiger partial charge in [-0.05, 0) is 18.6 Å². The van der Waals surface area contributed by atoms with Gasteiger partial charge in [0.25, 0.3) is 0 Å². The number of anilines is 1. The maximum atomic E-state index is 7.45. The van der Waals surface area contributed by atoms with Gasteiger partial charge in [-0.25, -0.2) is 0 Å². The molecule has 0 heterocycles. The van der Waals surface area contributed by atoms with Crippen LogP contribution in [-0.2, 0) is 0 Å². The van der Waals surface area contributed by atoms with Crippen LogP contribution in [0.25, 0.3) is 0 Å². The first-order valence-electron chi connectivity index (χ1n) is 6.80. The molecule has 0 saturated carbocycles. The molecular formula is C15H25N3. The van der Waals surface area contributed by atoms with Crippen LogP contribution in [0.15, 0.2) is 24.3 Å². The summed E-state index contributed by atoms with van der Waals surface area (Å²) in [5.41, 5.74) is 7.44. The number of rotatable bonds is 8. The highest BCUT2D eigenvalue weighted by atomic mass is 15.1. The summed E-state index contributed by atoms with van der Waals surface area (Å²) >= 11 is 0. The van der Waals surface area contributed by atoms with Crippen LogP contribution in [0.2, 0.25) is 0 Å². The maximum Gasteiger partial charge on any atom is 0.122 e. The maximum absolute atomic E-state index is 7.45. The monoisotopic (exact) mass is 247 g/mol. The molecule has 3 nitrogen and oxygen atoms in total. The van der Waals surface area contributed by atoms with Gasteiger partial charge < -0.3 is 10.6 Å². The van der Waals surface area contributed by atoms with Crippen molar-refractivity contribution in [3.63, 3.8) is 0 Å². The summed E-state index contributed by atoms with van der Waals surface area (Å²) in [5.74, 6) is 0.133. The number of hydrogen-bond acceptors (Lipinski definition) is 2. The number of benzene rings is 1. The first kappa shape index (κ1) is 14.6. The lowest BCUT2D eigenvalue weighted by Crippen LogP contribution is -2.19. The van der Waals surface area contributed by atoms with Crippen LogP contribution >= 0.6 is 0 Å². The highest BCUT2D eigenvalue weighted by molar-refractivity contribution is 5.95. The van der Waals surface area contributed by atoms with Crippen molar-refractivity contribution in [3.05, 3.63) is 29.8 Å². The second-order valence-corrected chi connectivity index (χ2v) is 4.80. The van der Waals surface area contributed by atoms with E-state index in [9.17, 15) is 0 Å². The number of amidine groups is 1. The first-order valence-corrected chi connectivity index (χ1v) is 6.80. The highest BCUT2D eigenvalue weighted by Gasteiger charge is 2.03. The van der Waals surface area contributed by atoms with Crippen LogP contribution in [0.4, 0.5) is 5.69 Å². The third kappa shape index (κ3) is 4.78. The Labute approximate surface area is 111 Å². The summed E-state index contributed by atoms with van der Waals surface area (Å²) in [4.78, 5) is 2.23. The van der Waals surface area contributed by atoms with Gasteiger partial charge in [0.05, 0.1) is 0 Å². The van der Waals surface area contributed by atoms with E-state index in [1.165, 1.54) is 32.1 Å². The predicted octanol–water partition coefficient (Wildman–Crippen LogP) is 3.38. The molecule has 3 heteroatoms. The summed E-state index contributed by atoms with van der Waals surface area (Å²) in [6.45, 7) is 3.30. The van der Waals surface area contributed by atoms with E-state index in [1.54, 1.807) is 0 Å². The van der Waals surface area contributed by atoms with E-state index in [0.717, 1.165) is 17.8 Å². The Morgan fingerprint density at radius 1 is 1.22 bits per heavy atom. The summed E-state index contributed by atoms with van der Waals surface area (Å²) in [7, 11) is 2.10. The third-order valence-corrected chi connectivity index (χ3v) is 3.20. The molecule has 3 N–H and O–H groups in total. The lowest BCUT2D eigenvalue weighted by atomic mass is 10.1. The van der Waals surface area contributed by atoms with Crippen LogP contribution < -0.4 is 10.6 Å². The van der Waals surface area contributed by atoms with Crippen molar-refractivity contribution in [2.75, 3.05) is 18.5 Å². The van der Waals surface area contributed by atoms with E-state index in [2.05, 4.69) is 24.9 Å². The Bertz CT molecular complexity index is 374. The topological polar surface area (TPSA) is 53.1 Å². The second kappa shape index (κ2) is 7.75. The predicted molar refractivity (Wildman–Crippen MR) is 79.5 cm³/mol. The lowest BCUT2D eigenvalue weighted by molar-refractivity contribution is 0.629. The van der Waals surface area contributed by atoms with Gasteiger partial charge in [-0.15, -0.1) is 0 Å². The van der Waals surface area contributed by atoms with Crippen molar-refractivity contribution < 1.29 is 0 Å². The quantitative estimate of drug-likeness (QED) is 0.420. The van der Waals surface area contributed by atoms with E-state index in [4.69, 9.17) is 11.1 Å². The molecular weight excluding hydrogens is 222 g/mol. The average Bonchev–Trinajstić information content (AvgIpc) is 2.38. The first-order chi connectivity index (χ1) is 8.65. The molecule has 18 heavy (non-hydrogen) atoms.